The third-order valence-corrected chi connectivity index (χ3v) is 3.78. The molecule has 2 rings (SSSR count). The largest absolute Gasteiger partial charge is 0.489 e. The van der Waals surface area contributed by atoms with Gasteiger partial charge >= 0.3 is 0 Å². The normalized spacial score (nSPS) is 9.86. The third kappa shape index (κ3) is 3.58. The molecule has 2 aromatic rings. The molecule has 3 nitrogen and oxygen atoms in total. The molecule has 0 fully saturated rings. The first-order valence-corrected chi connectivity index (χ1v) is 7.31. The summed E-state index contributed by atoms with van der Waals surface area (Å²) in [5.74, 6) is 0.783. The molecule has 0 unspecified atom stereocenters. The Morgan fingerprint density at radius 3 is 2.23 bits per heavy atom. The van der Waals surface area contributed by atoms with E-state index in [1.807, 2.05) is 26.0 Å². The van der Waals surface area contributed by atoms with Gasteiger partial charge in [0.1, 0.15) is 12.4 Å². The number of ether oxygens (including phenoxy) is 1. The minimum atomic E-state index is 0.304. The Labute approximate surface area is 135 Å². The molecular weight excluding hydrogens is 296 g/mol. The number of hydrogen-bond acceptors (Lipinski definition) is 3. The third-order valence-electron chi connectivity index (χ3n) is 3.37. The second-order valence-electron chi connectivity index (χ2n) is 4.99. The monoisotopic (exact) mass is 310 g/mol. The van der Waals surface area contributed by atoms with Gasteiger partial charge in [0.05, 0.1) is 23.3 Å². The van der Waals surface area contributed by atoms with Crippen LogP contribution in [0.25, 0.3) is 0 Å². The Hall–Kier alpha value is -2.49. The molecule has 110 valence electrons. The molecule has 0 spiro atoms. The van der Waals surface area contributed by atoms with E-state index in [0.717, 1.165) is 33.9 Å². The van der Waals surface area contributed by atoms with Gasteiger partial charge in [-0.1, -0.05) is 18.5 Å². The lowest BCUT2D eigenvalue weighted by molar-refractivity contribution is 0.303. The SMILES string of the molecule is CCc1cc(Cl)c(C)cc1OCc1cc(C#N)cc(C#N)c1. The predicted molar refractivity (Wildman–Crippen MR) is 85.8 cm³/mol. The van der Waals surface area contributed by atoms with Crippen molar-refractivity contribution >= 4 is 11.6 Å². The van der Waals surface area contributed by atoms with Gasteiger partial charge in [-0.3, -0.25) is 0 Å². The van der Waals surface area contributed by atoms with E-state index in [0.29, 0.717) is 17.7 Å². The van der Waals surface area contributed by atoms with Gasteiger partial charge in [0.25, 0.3) is 0 Å². The lowest BCUT2D eigenvalue weighted by Crippen LogP contribution is -2.00. The molecule has 0 N–H and O–H groups in total. The molecule has 22 heavy (non-hydrogen) atoms. The molecule has 4 heteroatoms. The van der Waals surface area contributed by atoms with Gasteiger partial charge < -0.3 is 4.74 Å². The summed E-state index contributed by atoms with van der Waals surface area (Å²) in [6, 6.07) is 13.0. The van der Waals surface area contributed by atoms with Crippen molar-refractivity contribution in [3.05, 3.63) is 63.2 Å². The fourth-order valence-electron chi connectivity index (χ4n) is 2.17. The van der Waals surface area contributed by atoms with Crippen LogP contribution in [0.4, 0.5) is 0 Å². The number of rotatable bonds is 4. The molecule has 2 aromatic carbocycles. The van der Waals surface area contributed by atoms with Crippen molar-refractivity contribution in [1.29, 1.82) is 10.5 Å². The van der Waals surface area contributed by atoms with Gasteiger partial charge in [-0.05, 0) is 60.4 Å². The molecule has 0 bridgehead atoms. The summed E-state index contributed by atoms with van der Waals surface area (Å²) in [6.45, 7) is 4.27. The van der Waals surface area contributed by atoms with E-state index in [-0.39, 0.29) is 0 Å². The zero-order valence-corrected chi connectivity index (χ0v) is 13.2. The zero-order valence-electron chi connectivity index (χ0n) is 12.5. The molecule has 0 aromatic heterocycles. The van der Waals surface area contributed by atoms with Gasteiger partial charge in [0, 0.05) is 5.02 Å². The summed E-state index contributed by atoms with van der Waals surface area (Å²) in [5, 5.41) is 18.7. The van der Waals surface area contributed by atoms with E-state index in [9.17, 15) is 0 Å². The van der Waals surface area contributed by atoms with E-state index in [1.165, 1.54) is 0 Å². The van der Waals surface area contributed by atoms with Gasteiger partial charge in [-0.15, -0.1) is 0 Å². The van der Waals surface area contributed by atoms with Crippen LogP contribution in [0.3, 0.4) is 0 Å². The standard InChI is InChI=1S/C18H15ClN2O/c1-3-16-8-17(19)12(2)4-18(16)22-11-15-6-13(9-20)5-14(7-15)10-21/h4-8H,3,11H2,1-2H3. The highest BCUT2D eigenvalue weighted by molar-refractivity contribution is 6.31. The van der Waals surface area contributed by atoms with Crippen LogP contribution >= 0.6 is 11.6 Å². The number of nitriles is 2. The molecule has 0 atom stereocenters. The van der Waals surface area contributed by atoms with Crippen molar-refractivity contribution < 1.29 is 4.74 Å². The highest BCUT2D eigenvalue weighted by Crippen LogP contribution is 2.28. The van der Waals surface area contributed by atoms with Gasteiger partial charge in [0.15, 0.2) is 0 Å². The molecule has 0 saturated carbocycles. The molecule has 0 aliphatic carbocycles. The van der Waals surface area contributed by atoms with Crippen molar-refractivity contribution in [3.63, 3.8) is 0 Å². The summed E-state index contributed by atoms with van der Waals surface area (Å²) < 4.78 is 5.87. The minimum absolute atomic E-state index is 0.304. The first kappa shape index (κ1) is 15.9. The Balaban J connectivity index is 2.26. The number of halogens is 1. The van der Waals surface area contributed by atoms with E-state index >= 15 is 0 Å². The van der Waals surface area contributed by atoms with Crippen molar-refractivity contribution in [1.82, 2.24) is 0 Å². The summed E-state index contributed by atoms with van der Waals surface area (Å²) in [5.41, 5.74) is 3.71. The van der Waals surface area contributed by atoms with Crippen LogP contribution in [-0.4, -0.2) is 0 Å². The second kappa shape index (κ2) is 6.98. The van der Waals surface area contributed by atoms with Crippen LogP contribution in [0.5, 0.6) is 5.75 Å². The van der Waals surface area contributed by atoms with E-state index in [2.05, 4.69) is 12.1 Å². The van der Waals surface area contributed by atoms with Gasteiger partial charge in [-0.2, -0.15) is 10.5 Å². The van der Waals surface area contributed by atoms with E-state index in [1.54, 1.807) is 18.2 Å². The average molecular weight is 311 g/mol. The first-order valence-electron chi connectivity index (χ1n) is 6.93. The lowest BCUT2D eigenvalue weighted by Gasteiger charge is -2.13. The van der Waals surface area contributed by atoms with Crippen LogP contribution < -0.4 is 4.74 Å². The molecule has 0 aliphatic rings. The maximum absolute atomic E-state index is 9.00. The average Bonchev–Trinajstić information content (AvgIpc) is 2.55. The zero-order chi connectivity index (χ0) is 16.1. The number of benzene rings is 2. The smallest absolute Gasteiger partial charge is 0.123 e. The van der Waals surface area contributed by atoms with Crippen LogP contribution in [0.1, 0.15) is 34.7 Å². The predicted octanol–water partition coefficient (Wildman–Crippen LogP) is 4.53. The highest BCUT2D eigenvalue weighted by Gasteiger charge is 2.08. The number of nitrogens with zero attached hydrogens (tertiary/aromatic N) is 2. The Morgan fingerprint density at radius 2 is 1.68 bits per heavy atom. The molecule has 0 aliphatic heterocycles. The lowest BCUT2D eigenvalue weighted by atomic mass is 10.1. The second-order valence-corrected chi connectivity index (χ2v) is 5.40. The summed E-state index contributed by atoms with van der Waals surface area (Å²) >= 11 is 6.13. The molecule has 0 saturated heterocycles. The topological polar surface area (TPSA) is 56.8 Å². The number of hydrogen-bond donors (Lipinski definition) is 0. The van der Waals surface area contributed by atoms with E-state index in [4.69, 9.17) is 26.9 Å². The molecule has 0 heterocycles. The Bertz CT molecular complexity index is 753. The Kier molecular flexibility index (Phi) is 5.04. The Morgan fingerprint density at radius 1 is 1.05 bits per heavy atom. The fraction of sp³-hybridized carbons (Fsp3) is 0.222. The summed E-state index contributed by atoms with van der Waals surface area (Å²) in [6.07, 6.45) is 0.816. The van der Waals surface area contributed by atoms with Crippen molar-refractivity contribution in [3.8, 4) is 17.9 Å². The van der Waals surface area contributed by atoms with Crippen molar-refractivity contribution in [2.45, 2.75) is 26.9 Å². The highest BCUT2D eigenvalue weighted by atomic mass is 35.5. The maximum Gasteiger partial charge on any atom is 0.123 e. The van der Waals surface area contributed by atoms with Crippen LogP contribution in [0, 0.1) is 29.6 Å². The van der Waals surface area contributed by atoms with Gasteiger partial charge in [0.2, 0.25) is 0 Å². The quantitative estimate of drug-likeness (QED) is 0.833. The fourth-order valence-corrected chi connectivity index (χ4v) is 2.36. The number of aryl methyl sites for hydroxylation is 2. The molecule has 0 amide bonds. The van der Waals surface area contributed by atoms with Crippen LogP contribution in [0.15, 0.2) is 30.3 Å². The summed E-state index contributed by atoms with van der Waals surface area (Å²) in [7, 11) is 0. The van der Waals surface area contributed by atoms with Crippen LogP contribution in [-0.2, 0) is 13.0 Å². The van der Waals surface area contributed by atoms with Crippen molar-refractivity contribution in [2.75, 3.05) is 0 Å². The molecule has 0 radical (unpaired) electrons. The first-order chi connectivity index (χ1) is 10.6. The van der Waals surface area contributed by atoms with Crippen LogP contribution in [0.2, 0.25) is 5.02 Å². The summed E-state index contributed by atoms with van der Waals surface area (Å²) in [4.78, 5) is 0. The van der Waals surface area contributed by atoms with Crippen molar-refractivity contribution in [2.24, 2.45) is 0 Å². The van der Waals surface area contributed by atoms with Gasteiger partial charge in [-0.25, -0.2) is 0 Å². The van der Waals surface area contributed by atoms with E-state index < -0.39 is 0 Å². The maximum atomic E-state index is 9.00. The molecular formula is C18H15ClN2O. The minimum Gasteiger partial charge on any atom is -0.489 e.